The van der Waals surface area contributed by atoms with E-state index in [1.54, 1.807) is 35.9 Å². The highest BCUT2D eigenvalue weighted by atomic mass is 32.1. The van der Waals surface area contributed by atoms with Crippen LogP contribution in [0.5, 0.6) is 0 Å². The van der Waals surface area contributed by atoms with Crippen molar-refractivity contribution in [3.05, 3.63) is 53.5 Å². The second-order valence-corrected chi connectivity index (χ2v) is 5.17. The molecule has 0 spiro atoms. The number of hydrogen-bond donors (Lipinski definition) is 1. The van der Waals surface area contributed by atoms with Crippen LogP contribution in [0.15, 0.2) is 46.5 Å². The average Bonchev–Trinajstić information content (AvgIpc) is 3.19. The Hall–Kier alpha value is -2.54. The van der Waals surface area contributed by atoms with E-state index in [0.717, 1.165) is 4.88 Å². The summed E-state index contributed by atoms with van der Waals surface area (Å²) in [6.45, 7) is 0.438. The highest BCUT2D eigenvalue weighted by molar-refractivity contribution is 7.13. The van der Waals surface area contributed by atoms with E-state index < -0.39 is 0 Å². The first-order chi connectivity index (χ1) is 10.3. The lowest BCUT2D eigenvalue weighted by atomic mass is 10.2. The van der Waals surface area contributed by atoms with Crippen molar-refractivity contribution in [2.24, 2.45) is 0 Å². The number of pyridine rings is 1. The molecule has 0 aliphatic carbocycles. The molecule has 0 unspecified atom stereocenters. The van der Waals surface area contributed by atoms with Crippen molar-refractivity contribution in [2.75, 3.05) is 6.54 Å². The van der Waals surface area contributed by atoms with Crippen LogP contribution >= 0.6 is 11.3 Å². The Kier molecular flexibility index (Phi) is 4.02. The Balaban J connectivity index is 1.53. The van der Waals surface area contributed by atoms with Crippen molar-refractivity contribution < 1.29 is 9.21 Å². The zero-order valence-corrected chi connectivity index (χ0v) is 11.8. The molecule has 0 radical (unpaired) electrons. The van der Waals surface area contributed by atoms with Gasteiger partial charge in [-0.3, -0.25) is 9.78 Å². The first kappa shape index (κ1) is 13.4. The molecule has 3 rings (SSSR count). The van der Waals surface area contributed by atoms with E-state index in [1.807, 2.05) is 17.5 Å². The Morgan fingerprint density at radius 3 is 2.86 bits per heavy atom. The summed E-state index contributed by atoms with van der Waals surface area (Å²) < 4.78 is 5.54. The van der Waals surface area contributed by atoms with Gasteiger partial charge in [-0.05, 0) is 23.6 Å². The highest BCUT2D eigenvalue weighted by Crippen LogP contribution is 2.22. The van der Waals surface area contributed by atoms with E-state index in [4.69, 9.17) is 4.42 Å². The van der Waals surface area contributed by atoms with Gasteiger partial charge >= 0.3 is 0 Å². The van der Waals surface area contributed by atoms with Crippen molar-refractivity contribution in [1.29, 1.82) is 0 Å². The van der Waals surface area contributed by atoms with E-state index in [2.05, 4.69) is 20.5 Å². The number of hydrogen-bond acceptors (Lipinski definition) is 6. The van der Waals surface area contributed by atoms with Crippen LogP contribution in [0, 0.1) is 0 Å². The Morgan fingerprint density at radius 2 is 2.10 bits per heavy atom. The molecule has 0 saturated carbocycles. The molecule has 3 heterocycles. The van der Waals surface area contributed by atoms with Gasteiger partial charge in [0.25, 0.3) is 11.8 Å². The monoisotopic (exact) mass is 300 g/mol. The summed E-state index contributed by atoms with van der Waals surface area (Å²) in [4.78, 5) is 16.6. The fourth-order valence-electron chi connectivity index (χ4n) is 1.74. The molecule has 106 valence electrons. The molecule has 3 aromatic rings. The van der Waals surface area contributed by atoms with E-state index in [1.165, 1.54) is 0 Å². The molecule has 0 aliphatic rings. The van der Waals surface area contributed by atoms with Gasteiger partial charge in [0.05, 0.1) is 4.88 Å². The summed E-state index contributed by atoms with van der Waals surface area (Å²) in [5, 5.41) is 12.7. The minimum atomic E-state index is -0.143. The van der Waals surface area contributed by atoms with Gasteiger partial charge in [-0.1, -0.05) is 6.07 Å². The number of rotatable bonds is 5. The first-order valence-corrected chi connectivity index (χ1v) is 7.25. The average molecular weight is 300 g/mol. The normalized spacial score (nSPS) is 10.5. The van der Waals surface area contributed by atoms with Crippen LogP contribution in [0.25, 0.3) is 10.8 Å². The van der Waals surface area contributed by atoms with Crippen molar-refractivity contribution >= 4 is 17.2 Å². The minimum absolute atomic E-state index is 0.143. The third kappa shape index (κ3) is 3.32. The van der Waals surface area contributed by atoms with Crippen molar-refractivity contribution in [1.82, 2.24) is 20.5 Å². The Bertz CT molecular complexity index is 710. The van der Waals surface area contributed by atoms with E-state index >= 15 is 0 Å². The number of carbonyl (C=O) groups is 1. The predicted molar refractivity (Wildman–Crippen MR) is 77.9 cm³/mol. The zero-order valence-electron chi connectivity index (χ0n) is 11.0. The van der Waals surface area contributed by atoms with Crippen LogP contribution in [-0.2, 0) is 6.42 Å². The molecule has 0 saturated heterocycles. The largest absolute Gasteiger partial charge is 0.420 e. The van der Waals surface area contributed by atoms with Crippen LogP contribution < -0.4 is 5.32 Å². The third-order valence-corrected chi connectivity index (χ3v) is 3.62. The second kappa shape index (κ2) is 6.27. The smallest absolute Gasteiger partial charge is 0.257 e. The van der Waals surface area contributed by atoms with Crippen molar-refractivity contribution in [3.63, 3.8) is 0 Å². The van der Waals surface area contributed by atoms with Crippen LogP contribution in [0.4, 0.5) is 0 Å². The number of nitrogens with one attached hydrogen (secondary N) is 1. The lowest BCUT2D eigenvalue weighted by molar-refractivity contribution is 0.0953. The molecule has 3 aromatic heterocycles. The number of aromatic nitrogens is 3. The van der Waals surface area contributed by atoms with E-state index in [0.29, 0.717) is 30.3 Å². The summed E-state index contributed by atoms with van der Waals surface area (Å²) in [6, 6.07) is 7.18. The van der Waals surface area contributed by atoms with Gasteiger partial charge in [0, 0.05) is 30.9 Å². The van der Waals surface area contributed by atoms with Gasteiger partial charge in [0.2, 0.25) is 5.89 Å². The van der Waals surface area contributed by atoms with Gasteiger partial charge in [-0.25, -0.2) is 0 Å². The number of nitrogens with zero attached hydrogens (tertiary/aromatic N) is 3. The maximum atomic E-state index is 11.8. The van der Waals surface area contributed by atoms with Crippen LogP contribution in [0.3, 0.4) is 0 Å². The van der Waals surface area contributed by atoms with E-state index in [-0.39, 0.29) is 5.91 Å². The van der Waals surface area contributed by atoms with Crippen molar-refractivity contribution in [3.8, 4) is 10.8 Å². The Morgan fingerprint density at radius 1 is 1.24 bits per heavy atom. The van der Waals surface area contributed by atoms with Crippen LogP contribution in [-0.4, -0.2) is 27.6 Å². The first-order valence-electron chi connectivity index (χ1n) is 6.37. The SMILES string of the molecule is O=C(NCCc1nnc(-c2cccs2)o1)c1ccncc1. The maximum absolute atomic E-state index is 11.8. The molecule has 21 heavy (non-hydrogen) atoms. The second-order valence-electron chi connectivity index (χ2n) is 4.22. The predicted octanol–water partition coefficient (Wildman–Crippen LogP) is 2.17. The minimum Gasteiger partial charge on any atom is -0.420 e. The summed E-state index contributed by atoms with van der Waals surface area (Å²) >= 11 is 1.54. The lowest BCUT2D eigenvalue weighted by Gasteiger charge is -2.02. The van der Waals surface area contributed by atoms with Gasteiger partial charge < -0.3 is 9.73 Å². The molecular weight excluding hydrogens is 288 g/mol. The third-order valence-electron chi connectivity index (χ3n) is 2.77. The van der Waals surface area contributed by atoms with Gasteiger partial charge in [0.1, 0.15) is 0 Å². The molecule has 0 aromatic carbocycles. The molecule has 7 heteroatoms. The van der Waals surface area contributed by atoms with Gasteiger partial charge in [0.15, 0.2) is 0 Å². The molecule has 1 N–H and O–H groups in total. The quantitative estimate of drug-likeness (QED) is 0.781. The molecule has 0 bridgehead atoms. The summed E-state index contributed by atoms with van der Waals surface area (Å²) in [6.07, 6.45) is 3.66. The highest BCUT2D eigenvalue weighted by Gasteiger charge is 2.10. The van der Waals surface area contributed by atoms with Crippen molar-refractivity contribution in [2.45, 2.75) is 6.42 Å². The molecule has 6 nitrogen and oxygen atoms in total. The lowest BCUT2D eigenvalue weighted by Crippen LogP contribution is -2.25. The maximum Gasteiger partial charge on any atom is 0.257 e. The summed E-state index contributed by atoms with van der Waals surface area (Å²) in [7, 11) is 0. The number of amides is 1. The standard InChI is InChI=1S/C14H12N4O2S/c19-13(10-3-6-15-7-4-10)16-8-5-12-17-18-14(20-12)11-2-1-9-21-11/h1-4,6-7,9H,5,8H2,(H,16,19). The summed E-state index contributed by atoms with van der Waals surface area (Å²) in [5.74, 6) is 0.879. The molecule has 0 aliphatic heterocycles. The van der Waals surface area contributed by atoms with Crippen LogP contribution in [0.1, 0.15) is 16.2 Å². The topological polar surface area (TPSA) is 80.9 Å². The molecule has 0 fully saturated rings. The fourth-order valence-corrected chi connectivity index (χ4v) is 2.39. The van der Waals surface area contributed by atoms with Crippen LogP contribution in [0.2, 0.25) is 0 Å². The van der Waals surface area contributed by atoms with Gasteiger partial charge in [-0.2, -0.15) is 0 Å². The number of thiophene rings is 1. The molecular formula is C14H12N4O2S. The van der Waals surface area contributed by atoms with E-state index in [9.17, 15) is 4.79 Å². The Labute approximate surface area is 124 Å². The molecule has 1 amide bonds. The molecule has 0 atom stereocenters. The zero-order chi connectivity index (χ0) is 14.5. The number of carbonyl (C=O) groups excluding carboxylic acids is 1. The fraction of sp³-hybridized carbons (Fsp3) is 0.143. The van der Waals surface area contributed by atoms with Gasteiger partial charge in [-0.15, -0.1) is 21.5 Å². The summed E-state index contributed by atoms with van der Waals surface area (Å²) in [5.41, 5.74) is 0.579.